The summed E-state index contributed by atoms with van der Waals surface area (Å²) in [7, 11) is 5.99. The van der Waals surface area contributed by atoms with E-state index in [0.29, 0.717) is 11.5 Å². The number of benzene rings is 2. The van der Waals surface area contributed by atoms with Crippen molar-refractivity contribution in [3.05, 3.63) is 222 Å². The summed E-state index contributed by atoms with van der Waals surface area (Å²) in [4.78, 5) is 54.2. The van der Waals surface area contributed by atoms with E-state index in [2.05, 4.69) is 114 Å². The minimum atomic E-state index is 0.661. The van der Waals surface area contributed by atoms with Crippen molar-refractivity contribution in [2.75, 3.05) is 0 Å². The van der Waals surface area contributed by atoms with Crippen LogP contribution in [0, 0.1) is 69.2 Å². The Morgan fingerprint density at radius 3 is 1.33 bits per heavy atom. The highest BCUT2D eigenvalue weighted by molar-refractivity contribution is 7.18. The molecule has 20 nitrogen and oxygen atoms in total. The molecule has 2 aromatic carbocycles. The molecule has 21 heteroatoms. The molecule has 105 heavy (non-hydrogen) atoms. The second-order valence-corrected chi connectivity index (χ2v) is 21.1. The normalized spacial score (nSPS) is 9.19. The highest BCUT2D eigenvalue weighted by atomic mass is 32.1. The van der Waals surface area contributed by atoms with E-state index in [-0.39, 0.29) is 0 Å². The molecular formula is C84H126N18O2S. The fraction of sp³-hybridized carbons (Fsp3) is 0.393. The predicted molar refractivity (Wildman–Crippen MR) is 450 cm³/mol. The second-order valence-electron chi connectivity index (χ2n) is 19.8. The molecule has 0 spiro atoms. The van der Waals surface area contributed by atoms with Crippen molar-refractivity contribution in [3.63, 3.8) is 0 Å². The number of rotatable bonds is 0. The molecule has 0 aliphatic carbocycles. The molecule has 0 radical (unpaired) electrons. The number of aryl methyl sites for hydroxylation is 13. The Labute approximate surface area is 632 Å². The summed E-state index contributed by atoms with van der Waals surface area (Å²) in [6.07, 6.45) is 20.3. The van der Waals surface area contributed by atoms with Crippen LogP contribution in [0.3, 0.4) is 0 Å². The molecule has 0 atom stereocenters. The number of aromatic nitrogens is 18. The topological polar surface area (TPSA) is 217 Å². The van der Waals surface area contributed by atoms with E-state index in [1.54, 1.807) is 48.5 Å². The van der Waals surface area contributed by atoms with Crippen LogP contribution in [0.15, 0.2) is 174 Å². The quantitative estimate of drug-likeness (QED) is 0.138. The molecule has 14 aromatic heterocycles. The SMILES string of the molecule is CC.CC.CC.CC.CC.CC.CC.CC.CC.CC.Cc1ccc2nc(C)n(C)c2c1.Cc1ccc2nc(C)oc2c1.Cc1ccc2nccn2c1.Cc1cnc2nccn2c1.Cc1nc2cccnc2n1C.Cc1nc2cccnc2n1C.Cc1nc2ncccc2o1.Cc1nc2ncccc2s1. The summed E-state index contributed by atoms with van der Waals surface area (Å²) in [5, 5.41) is 1.08. The van der Waals surface area contributed by atoms with Crippen molar-refractivity contribution in [3.8, 4) is 0 Å². The molecular weight excluding hydrogens is 1330 g/mol. The zero-order chi connectivity index (χ0) is 80.1. The zero-order valence-electron chi connectivity index (χ0n) is 69.9. The van der Waals surface area contributed by atoms with Crippen molar-refractivity contribution in [2.45, 2.75) is 208 Å². The van der Waals surface area contributed by atoms with Crippen LogP contribution in [-0.4, -0.2) is 87.3 Å². The lowest BCUT2D eigenvalue weighted by atomic mass is 10.2. The Balaban J connectivity index is 0. The van der Waals surface area contributed by atoms with Gasteiger partial charge >= 0.3 is 0 Å². The van der Waals surface area contributed by atoms with Crippen LogP contribution in [0.5, 0.6) is 0 Å². The van der Waals surface area contributed by atoms with Gasteiger partial charge in [0.2, 0.25) is 5.78 Å². The minimum Gasteiger partial charge on any atom is -0.441 e. The van der Waals surface area contributed by atoms with Gasteiger partial charge in [0.05, 0.1) is 20.7 Å². The third-order valence-electron chi connectivity index (χ3n) is 13.1. The lowest BCUT2D eigenvalue weighted by molar-refractivity contribution is 0.560. The lowest BCUT2D eigenvalue weighted by Crippen LogP contribution is -1.91. The molecule has 0 saturated heterocycles. The Morgan fingerprint density at radius 2 is 0.781 bits per heavy atom. The first-order valence-electron chi connectivity index (χ1n) is 37.2. The van der Waals surface area contributed by atoms with Gasteiger partial charge in [-0.15, -0.1) is 11.3 Å². The molecule has 0 fully saturated rings. The van der Waals surface area contributed by atoms with Crippen molar-refractivity contribution in [2.24, 2.45) is 21.1 Å². The van der Waals surface area contributed by atoms with Crippen molar-refractivity contribution in [1.29, 1.82) is 0 Å². The standard InChI is InChI=1S/C10H12N2.C9H9NO.2C8H9N3.C8H8N2.C7H7N3.C7H6N2O.C7H6N2S.10C2H6/c1-7-4-5-9-10(6-7)12(3)8(2)11-9;1-6-3-4-8-9(5-6)11-7(2)10-8;2*1-6-10-7-4-3-5-9-8(7)11(6)2;1-7-2-3-8-9-4-5-10(8)6-7;1-6-4-9-7-8-2-3-10(7)5-6;2*1-5-9-7-6(10-5)3-2-4-8-7;10*1-2/h4-6H,1-3H3;3*3-5H,1-2H3;2-6H,1H3;2-5H,1H3;2*2-4H,1H3;10*1-2H3. The third-order valence-corrected chi connectivity index (χ3v) is 14.0. The van der Waals surface area contributed by atoms with E-state index >= 15 is 0 Å². The first kappa shape index (κ1) is 96.6. The lowest BCUT2D eigenvalue weighted by Gasteiger charge is -1.96. The van der Waals surface area contributed by atoms with Crippen LogP contribution in [0.25, 0.3) is 77.5 Å². The zero-order valence-corrected chi connectivity index (χ0v) is 70.7. The van der Waals surface area contributed by atoms with Gasteiger partial charge < -0.3 is 26.9 Å². The number of imidazole rings is 5. The summed E-state index contributed by atoms with van der Waals surface area (Å²) < 4.78 is 21.7. The predicted octanol–water partition coefficient (Wildman–Crippen LogP) is 23.7. The number of hydrogen-bond donors (Lipinski definition) is 0. The van der Waals surface area contributed by atoms with Crippen LogP contribution in [-0.2, 0) is 21.1 Å². The molecule has 0 bridgehead atoms. The van der Waals surface area contributed by atoms with Gasteiger partial charge in [0.25, 0.3) is 0 Å². The average molecular weight is 1450 g/mol. The van der Waals surface area contributed by atoms with E-state index < -0.39 is 0 Å². The highest BCUT2D eigenvalue weighted by Crippen LogP contribution is 2.20. The minimum absolute atomic E-state index is 0.661. The van der Waals surface area contributed by atoms with Crippen LogP contribution < -0.4 is 0 Å². The maximum Gasteiger partial charge on any atom is 0.233 e. The first-order chi connectivity index (χ1) is 51.0. The Hall–Kier alpha value is -10.4. The number of oxazole rings is 2. The maximum absolute atomic E-state index is 5.34. The number of hydrogen-bond acceptors (Lipinski definition) is 16. The van der Waals surface area contributed by atoms with Crippen LogP contribution in [0.2, 0.25) is 0 Å². The van der Waals surface area contributed by atoms with Crippen LogP contribution in [0.4, 0.5) is 0 Å². The highest BCUT2D eigenvalue weighted by Gasteiger charge is 2.06. The van der Waals surface area contributed by atoms with E-state index in [9.17, 15) is 0 Å². The van der Waals surface area contributed by atoms with Gasteiger partial charge in [-0.1, -0.05) is 157 Å². The summed E-state index contributed by atoms with van der Waals surface area (Å²) >= 11 is 1.68. The van der Waals surface area contributed by atoms with Crippen molar-refractivity contribution in [1.82, 2.24) is 87.3 Å². The molecule has 16 rings (SSSR count). The Morgan fingerprint density at radius 1 is 0.333 bits per heavy atom. The molecule has 0 aliphatic heterocycles. The van der Waals surface area contributed by atoms with Crippen molar-refractivity contribution >= 4 is 88.8 Å². The van der Waals surface area contributed by atoms with Gasteiger partial charge in [-0.05, 0) is 157 Å². The smallest absolute Gasteiger partial charge is 0.233 e. The summed E-state index contributed by atoms with van der Waals surface area (Å²) in [6.45, 7) is 59.8. The second kappa shape index (κ2) is 56.1. The number of thiazole rings is 1. The maximum atomic E-state index is 5.34. The monoisotopic (exact) mass is 1450 g/mol. The van der Waals surface area contributed by atoms with Gasteiger partial charge in [-0.2, -0.15) is 4.98 Å². The number of pyridine rings is 5. The van der Waals surface area contributed by atoms with Gasteiger partial charge in [-0.3, -0.25) is 4.40 Å². The molecule has 0 N–H and O–H groups in total. The largest absolute Gasteiger partial charge is 0.441 e. The summed E-state index contributed by atoms with van der Waals surface area (Å²) in [6, 6.07) is 31.8. The molecule has 0 aliphatic rings. The molecule has 0 saturated carbocycles. The molecule has 0 amide bonds. The van der Waals surface area contributed by atoms with E-state index in [1.807, 2.05) is 331 Å². The molecule has 16 aromatic rings. The van der Waals surface area contributed by atoms with Gasteiger partial charge in [0.15, 0.2) is 45.5 Å². The fourth-order valence-electron chi connectivity index (χ4n) is 8.54. The average Bonchev–Trinajstić information content (AvgIpc) is 1.66. The molecule has 570 valence electrons. The van der Waals surface area contributed by atoms with Gasteiger partial charge in [0, 0.05) is 103 Å². The number of fused-ring (bicyclic) bond motifs is 8. The number of nitrogens with zero attached hydrogens (tertiary/aromatic N) is 18. The van der Waals surface area contributed by atoms with E-state index in [1.165, 1.54) is 26.9 Å². The van der Waals surface area contributed by atoms with Crippen LogP contribution >= 0.6 is 11.3 Å². The summed E-state index contributed by atoms with van der Waals surface area (Å²) in [5.74, 6) is 5.21. The van der Waals surface area contributed by atoms with E-state index in [0.717, 1.165) is 95.5 Å². The van der Waals surface area contributed by atoms with Gasteiger partial charge in [-0.25, -0.2) is 59.8 Å². The Kier molecular flexibility index (Phi) is 51.6. The van der Waals surface area contributed by atoms with Crippen molar-refractivity contribution < 1.29 is 8.83 Å². The van der Waals surface area contributed by atoms with Crippen LogP contribution in [0.1, 0.15) is 195 Å². The molecule has 14 heterocycles. The molecule has 0 unspecified atom stereocenters. The fourth-order valence-corrected chi connectivity index (χ4v) is 9.33. The van der Waals surface area contributed by atoms with Gasteiger partial charge in [0.1, 0.15) is 39.7 Å². The first-order valence-corrected chi connectivity index (χ1v) is 38.0. The Bertz CT molecular complexity index is 4540. The van der Waals surface area contributed by atoms with E-state index in [4.69, 9.17) is 8.83 Å². The summed E-state index contributed by atoms with van der Waals surface area (Å²) in [5.41, 5.74) is 16.1. The third kappa shape index (κ3) is 31.6.